The van der Waals surface area contributed by atoms with Gasteiger partial charge in [0.2, 0.25) is 0 Å². The van der Waals surface area contributed by atoms with E-state index in [2.05, 4.69) is 32.6 Å². The molecule has 0 bridgehead atoms. The molecule has 6 nitrogen and oxygen atoms in total. The Kier molecular flexibility index (Phi) is 7.73. The highest BCUT2D eigenvalue weighted by molar-refractivity contribution is 6.04. The van der Waals surface area contributed by atoms with Gasteiger partial charge >= 0.3 is 6.01 Å². The van der Waals surface area contributed by atoms with Gasteiger partial charge in [0, 0.05) is 42.0 Å². The van der Waals surface area contributed by atoms with Crippen molar-refractivity contribution in [1.29, 1.82) is 0 Å². The minimum absolute atomic E-state index is 0.0146. The smallest absolute Gasteiger partial charge is 0.318 e. The molecule has 4 unspecified atom stereocenters. The maximum absolute atomic E-state index is 16.2. The number of aromatic hydroxyl groups is 1. The number of alkyl halides is 1. The Morgan fingerprint density at radius 2 is 1.78 bits per heavy atom. The molecule has 4 aliphatic rings. The van der Waals surface area contributed by atoms with Gasteiger partial charge < -0.3 is 14.7 Å². The van der Waals surface area contributed by atoms with Crippen molar-refractivity contribution in [3.63, 3.8) is 0 Å². The molecule has 0 amide bonds. The van der Waals surface area contributed by atoms with Crippen molar-refractivity contribution < 1.29 is 23.0 Å². The average molecular weight is 615 g/mol. The summed E-state index contributed by atoms with van der Waals surface area (Å²) in [6.07, 6.45) is 10.8. The van der Waals surface area contributed by atoms with E-state index in [1.54, 1.807) is 12.1 Å². The molecule has 1 N–H and O–H groups in total. The van der Waals surface area contributed by atoms with Crippen LogP contribution in [0.1, 0.15) is 44.6 Å². The van der Waals surface area contributed by atoms with Crippen molar-refractivity contribution in [3.05, 3.63) is 53.6 Å². The Bertz CT molecular complexity index is 1800. The van der Waals surface area contributed by atoms with Gasteiger partial charge in [-0.05, 0) is 91.6 Å². The zero-order valence-corrected chi connectivity index (χ0v) is 25.6. The minimum atomic E-state index is -0.610. The fourth-order valence-electron chi connectivity index (χ4n) is 8.25. The number of phenolic OH excluding ortho intramolecular Hbond substituents is 1. The van der Waals surface area contributed by atoms with Crippen molar-refractivity contribution in [2.45, 2.75) is 51.2 Å². The van der Waals surface area contributed by atoms with Gasteiger partial charge in [-0.1, -0.05) is 25.0 Å². The van der Waals surface area contributed by atoms with E-state index in [4.69, 9.17) is 11.2 Å². The maximum Gasteiger partial charge on any atom is 0.318 e. The molecule has 1 aliphatic carbocycles. The first-order chi connectivity index (χ1) is 21.7. The number of nitrogens with zero attached hydrogens (tertiary/aromatic N) is 4. The van der Waals surface area contributed by atoms with Crippen LogP contribution < -0.4 is 9.64 Å². The van der Waals surface area contributed by atoms with Crippen LogP contribution >= 0.6 is 0 Å². The summed E-state index contributed by atoms with van der Waals surface area (Å²) in [6.45, 7) is 5.90. The van der Waals surface area contributed by atoms with Crippen LogP contribution in [0, 0.1) is 41.7 Å². The number of hydrogen-bond acceptors (Lipinski definition) is 6. The number of hydrogen-bond donors (Lipinski definition) is 1. The highest BCUT2D eigenvalue weighted by Gasteiger charge is 2.40. The SMILES string of the molecule is C#Cc1c(F)ccc2cc(O)cc(-c3ccc4c(N5CC6CC(C)CC6C5)nc(OC)nc4c3F)c12.FC1CC2CCCN2C1. The lowest BCUT2D eigenvalue weighted by Gasteiger charge is -2.22. The van der Waals surface area contributed by atoms with Gasteiger partial charge in [0.1, 0.15) is 29.1 Å². The highest BCUT2D eigenvalue weighted by Crippen LogP contribution is 2.45. The number of aromatic nitrogens is 2. The van der Waals surface area contributed by atoms with E-state index in [0.29, 0.717) is 52.0 Å². The van der Waals surface area contributed by atoms with Crippen molar-refractivity contribution >= 4 is 27.5 Å². The number of halogens is 3. The average Bonchev–Trinajstić information content (AvgIpc) is 3.78. The number of benzene rings is 3. The van der Waals surface area contributed by atoms with Gasteiger partial charge in [-0.3, -0.25) is 4.90 Å². The van der Waals surface area contributed by atoms with Gasteiger partial charge in [0.05, 0.1) is 12.7 Å². The van der Waals surface area contributed by atoms with Crippen LogP contribution in [0.4, 0.5) is 19.0 Å². The molecule has 3 saturated heterocycles. The summed E-state index contributed by atoms with van der Waals surface area (Å²) >= 11 is 0. The molecule has 3 aliphatic heterocycles. The minimum Gasteiger partial charge on any atom is -0.508 e. The molecule has 45 heavy (non-hydrogen) atoms. The van der Waals surface area contributed by atoms with Crippen LogP contribution in [0.15, 0.2) is 36.4 Å². The molecule has 4 aromatic rings. The second-order valence-corrected chi connectivity index (χ2v) is 13.1. The zero-order chi connectivity index (χ0) is 31.4. The third-order valence-electron chi connectivity index (χ3n) is 10.2. The van der Waals surface area contributed by atoms with Crippen LogP contribution in [0.5, 0.6) is 11.8 Å². The molecule has 0 radical (unpaired) electrons. The fourth-order valence-corrected chi connectivity index (χ4v) is 8.25. The van der Waals surface area contributed by atoms with E-state index in [9.17, 15) is 13.9 Å². The summed E-state index contributed by atoms with van der Waals surface area (Å²) in [5.74, 6) is 3.71. The van der Waals surface area contributed by atoms with Gasteiger partial charge in [-0.2, -0.15) is 9.97 Å². The van der Waals surface area contributed by atoms with E-state index in [1.165, 1.54) is 57.1 Å². The molecule has 8 rings (SSSR count). The first-order valence-corrected chi connectivity index (χ1v) is 15.8. The Labute approximate surface area is 261 Å². The number of ether oxygens (including phenoxy) is 1. The van der Waals surface area contributed by atoms with Gasteiger partial charge in [-0.25, -0.2) is 13.2 Å². The van der Waals surface area contributed by atoms with E-state index < -0.39 is 17.8 Å². The summed E-state index contributed by atoms with van der Waals surface area (Å²) in [5, 5.41) is 11.8. The lowest BCUT2D eigenvalue weighted by atomic mass is 9.93. The summed E-state index contributed by atoms with van der Waals surface area (Å²) in [6, 6.07) is 9.73. The summed E-state index contributed by atoms with van der Waals surface area (Å²) in [4.78, 5) is 13.4. The molecule has 1 aromatic heterocycles. The molecule has 9 heteroatoms. The third-order valence-corrected chi connectivity index (χ3v) is 10.2. The second-order valence-electron chi connectivity index (χ2n) is 13.1. The second kappa shape index (κ2) is 11.7. The van der Waals surface area contributed by atoms with Crippen LogP contribution in [0.3, 0.4) is 0 Å². The number of rotatable bonds is 3. The van der Waals surface area contributed by atoms with Crippen molar-refractivity contribution in [3.8, 4) is 35.2 Å². The van der Waals surface area contributed by atoms with E-state index in [1.807, 2.05) is 0 Å². The van der Waals surface area contributed by atoms with Crippen LogP contribution in [-0.2, 0) is 0 Å². The standard InChI is InChI=1S/C29H25F2N3O2.C7H12FN/c1-4-20-24(30)8-5-16-11-19(35)12-23(25(16)20)21-6-7-22-27(26(21)31)32-29(36-3)33-28(22)34-13-17-9-15(2)10-18(17)14-34;8-6-4-7-2-1-3-9(7)5-6/h1,5-8,11-12,15,17-18,35H,9-10,13-14H2,2-3H3;6-7H,1-5H2. The molecule has 4 atom stereocenters. The molecule has 234 valence electrons. The third kappa shape index (κ3) is 5.33. The first-order valence-electron chi connectivity index (χ1n) is 15.8. The van der Waals surface area contributed by atoms with Crippen molar-refractivity contribution in [2.75, 3.05) is 38.2 Å². The highest BCUT2D eigenvalue weighted by atomic mass is 19.1. The topological polar surface area (TPSA) is 61.7 Å². The molecule has 0 spiro atoms. The number of terminal acetylenes is 1. The maximum atomic E-state index is 16.2. The zero-order valence-electron chi connectivity index (χ0n) is 25.6. The van der Waals surface area contributed by atoms with Gasteiger partial charge in [0.25, 0.3) is 0 Å². The van der Waals surface area contributed by atoms with Gasteiger partial charge in [0.15, 0.2) is 5.82 Å². The quantitative estimate of drug-likeness (QED) is 0.249. The molecule has 4 fully saturated rings. The normalized spacial score (nSPS) is 25.7. The molecule has 1 saturated carbocycles. The fraction of sp³-hybridized carbons (Fsp3) is 0.444. The first kappa shape index (κ1) is 29.7. The Hall–Kier alpha value is -4.03. The predicted molar refractivity (Wildman–Crippen MR) is 170 cm³/mol. The number of methoxy groups -OCH3 is 1. The Morgan fingerprint density at radius 3 is 2.49 bits per heavy atom. The molecule has 3 aromatic carbocycles. The van der Waals surface area contributed by atoms with E-state index in [-0.39, 0.29) is 28.4 Å². The Morgan fingerprint density at radius 1 is 1.00 bits per heavy atom. The Balaban J connectivity index is 0.000000308. The predicted octanol–water partition coefficient (Wildman–Crippen LogP) is 7.10. The number of phenols is 1. The summed E-state index contributed by atoms with van der Waals surface area (Å²) in [7, 11) is 1.46. The number of anilines is 1. The molecular formula is C36H37F3N4O2. The molecule has 4 heterocycles. The van der Waals surface area contributed by atoms with E-state index in [0.717, 1.165) is 32.0 Å². The summed E-state index contributed by atoms with van der Waals surface area (Å²) < 4.78 is 48.7. The number of fused-ring (bicyclic) bond motifs is 4. The van der Waals surface area contributed by atoms with Crippen LogP contribution in [0.2, 0.25) is 0 Å². The lowest BCUT2D eigenvalue weighted by molar-refractivity contribution is 0.292. The van der Waals surface area contributed by atoms with Crippen molar-refractivity contribution in [2.24, 2.45) is 17.8 Å². The van der Waals surface area contributed by atoms with Crippen LogP contribution in [-0.4, -0.2) is 65.5 Å². The van der Waals surface area contributed by atoms with E-state index >= 15 is 4.39 Å². The summed E-state index contributed by atoms with van der Waals surface area (Å²) in [5.41, 5.74) is 0.570. The monoisotopic (exact) mass is 614 g/mol. The largest absolute Gasteiger partial charge is 0.508 e. The van der Waals surface area contributed by atoms with Crippen molar-refractivity contribution in [1.82, 2.24) is 14.9 Å². The molecular weight excluding hydrogens is 577 g/mol. The lowest BCUT2D eigenvalue weighted by Crippen LogP contribution is -2.23. The van der Waals surface area contributed by atoms with Crippen LogP contribution in [0.25, 0.3) is 32.8 Å². The van der Waals surface area contributed by atoms with Gasteiger partial charge in [-0.15, -0.1) is 6.42 Å².